The molecule has 0 heteroatoms. The summed E-state index contributed by atoms with van der Waals surface area (Å²) in [7, 11) is 0. The van der Waals surface area contributed by atoms with Crippen molar-refractivity contribution in [3.05, 3.63) is 12.2 Å². The summed E-state index contributed by atoms with van der Waals surface area (Å²) in [5.41, 5.74) is 0. The first-order valence-electron chi connectivity index (χ1n) is 7.56. The summed E-state index contributed by atoms with van der Waals surface area (Å²) in [5.74, 6) is 2.89. The number of hydrogen-bond donors (Lipinski definition) is 0. The predicted molar refractivity (Wildman–Crippen MR) is 71.5 cm³/mol. The van der Waals surface area contributed by atoms with Gasteiger partial charge in [-0.25, -0.2) is 0 Å². The zero-order valence-corrected chi connectivity index (χ0v) is 11.0. The van der Waals surface area contributed by atoms with Crippen molar-refractivity contribution in [3.8, 4) is 0 Å². The van der Waals surface area contributed by atoms with Crippen LogP contribution in [0.2, 0.25) is 0 Å². The lowest BCUT2D eigenvalue weighted by atomic mass is 9.80. The third kappa shape index (κ3) is 3.64. The molecule has 0 spiro atoms. The first-order chi connectivity index (χ1) is 7.88. The van der Waals surface area contributed by atoms with E-state index < -0.39 is 0 Å². The molecule has 2 saturated carbocycles. The van der Waals surface area contributed by atoms with Crippen molar-refractivity contribution in [2.45, 2.75) is 71.1 Å². The zero-order valence-electron chi connectivity index (χ0n) is 11.0. The molecule has 2 aliphatic rings. The van der Waals surface area contributed by atoms with E-state index in [4.69, 9.17) is 0 Å². The smallest absolute Gasteiger partial charge is 0.0233 e. The van der Waals surface area contributed by atoms with Crippen LogP contribution in [0.3, 0.4) is 0 Å². The van der Waals surface area contributed by atoms with Crippen LogP contribution in [0.4, 0.5) is 0 Å². The molecule has 0 saturated heterocycles. The highest BCUT2D eigenvalue weighted by Crippen LogP contribution is 2.32. The molecule has 2 rings (SSSR count). The van der Waals surface area contributed by atoms with Crippen LogP contribution in [0.15, 0.2) is 12.2 Å². The molecule has 0 aliphatic heterocycles. The van der Waals surface area contributed by atoms with Gasteiger partial charge in [-0.3, -0.25) is 0 Å². The monoisotopic (exact) mass is 220 g/mol. The third-order valence-electron chi connectivity index (χ3n) is 4.77. The number of rotatable bonds is 3. The molecule has 16 heavy (non-hydrogen) atoms. The van der Waals surface area contributed by atoms with Crippen molar-refractivity contribution >= 4 is 0 Å². The van der Waals surface area contributed by atoms with Crippen LogP contribution >= 0.6 is 0 Å². The van der Waals surface area contributed by atoms with E-state index >= 15 is 0 Å². The van der Waals surface area contributed by atoms with Crippen LogP contribution in [0, 0.1) is 17.8 Å². The second kappa shape index (κ2) is 6.47. The standard InChI is InChI=1S/C16H28/c1-2-14-8-10-16(11-9-14)13-12-15-6-4-3-5-7-15/h12-16H,2-11H2,1H3/b13-12+. The van der Waals surface area contributed by atoms with Gasteiger partial charge in [0, 0.05) is 0 Å². The fourth-order valence-electron chi connectivity index (χ4n) is 3.43. The van der Waals surface area contributed by atoms with Gasteiger partial charge in [-0.2, -0.15) is 0 Å². The van der Waals surface area contributed by atoms with E-state index in [1.165, 1.54) is 64.2 Å². The number of allylic oxidation sites excluding steroid dienone is 2. The van der Waals surface area contributed by atoms with Crippen LogP contribution in [-0.2, 0) is 0 Å². The van der Waals surface area contributed by atoms with Crippen molar-refractivity contribution < 1.29 is 0 Å². The molecule has 0 radical (unpaired) electrons. The summed E-state index contributed by atoms with van der Waals surface area (Å²) in [6.07, 6.45) is 19.8. The molecule has 0 atom stereocenters. The Bertz CT molecular complexity index is 202. The molecule has 0 bridgehead atoms. The molecule has 92 valence electrons. The number of hydrogen-bond acceptors (Lipinski definition) is 0. The molecule has 2 fully saturated rings. The van der Waals surface area contributed by atoms with E-state index in [9.17, 15) is 0 Å². The quantitative estimate of drug-likeness (QED) is 0.563. The van der Waals surface area contributed by atoms with Crippen LogP contribution in [0.25, 0.3) is 0 Å². The maximum Gasteiger partial charge on any atom is -0.0233 e. The highest BCUT2D eigenvalue weighted by molar-refractivity contribution is 4.95. The lowest BCUT2D eigenvalue weighted by molar-refractivity contribution is 0.302. The topological polar surface area (TPSA) is 0 Å². The average molecular weight is 220 g/mol. The lowest BCUT2D eigenvalue weighted by Gasteiger charge is -2.26. The van der Waals surface area contributed by atoms with E-state index in [0.717, 1.165) is 17.8 Å². The van der Waals surface area contributed by atoms with Crippen molar-refractivity contribution in [2.24, 2.45) is 17.8 Å². The summed E-state index contributed by atoms with van der Waals surface area (Å²) in [5, 5.41) is 0. The summed E-state index contributed by atoms with van der Waals surface area (Å²) >= 11 is 0. The molecule has 2 aliphatic carbocycles. The Morgan fingerprint density at radius 1 is 0.750 bits per heavy atom. The average Bonchev–Trinajstić information content (AvgIpc) is 2.38. The second-order valence-electron chi connectivity index (χ2n) is 5.97. The van der Waals surface area contributed by atoms with Crippen LogP contribution in [-0.4, -0.2) is 0 Å². The molecular weight excluding hydrogens is 192 g/mol. The SMILES string of the molecule is CCC1CCC(/C=C/C2CCCCC2)CC1. The Labute approximate surface area is 102 Å². The lowest BCUT2D eigenvalue weighted by Crippen LogP contribution is -2.12. The van der Waals surface area contributed by atoms with Gasteiger partial charge in [-0.1, -0.05) is 44.8 Å². The Hall–Kier alpha value is -0.260. The molecule has 0 N–H and O–H groups in total. The Kier molecular flexibility index (Phi) is 4.93. The van der Waals surface area contributed by atoms with Crippen molar-refractivity contribution in [1.82, 2.24) is 0 Å². The largest absolute Gasteiger partial charge is 0.0851 e. The molecule has 0 heterocycles. The highest BCUT2D eigenvalue weighted by Gasteiger charge is 2.18. The van der Waals surface area contributed by atoms with Gasteiger partial charge in [-0.15, -0.1) is 0 Å². The minimum atomic E-state index is 0.921. The fourth-order valence-corrected chi connectivity index (χ4v) is 3.43. The van der Waals surface area contributed by atoms with Gasteiger partial charge in [0.05, 0.1) is 0 Å². The van der Waals surface area contributed by atoms with E-state index in [1.54, 1.807) is 0 Å². The van der Waals surface area contributed by atoms with E-state index in [0.29, 0.717) is 0 Å². The first-order valence-corrected chi connectivity index (χ1v) is 7.56. The van der Waals surface area contributed by atoms with Gasteiger partial charge in [0.2, 0.25) is 0 Å². The van der Waals surface area contributed by atoms with E-state index in [-0.39, 0.29) is 0 Å². The van der Waals surface area contributed by atoms with Crippen LogP contribution in [0.1, 0.15) is 71.1 Å². The fraction of sp³-hybridized carbons (Fsp3) is 0.875. The van der Waals surface area contributed by atoms with Gasteiger partial charge in [0.25, 0.3) is 0 Å². The second-order valence-corrected chi connectivity index (χ2v) is 5.97. The van der Waals surface area contributed by atoms with Gasteiger partial charge < -0.3 is 0 Å². The third-order valence-corrected chi connectivity index (χ3v) is 4.77. The minimum Gasteiger partial charge on any atom is -0.0851 e. The molecule has 0 aromatic carbocycles. The molecule has 0 aromatic heterocycles. The van der Waals surface area contributed by atoms with Crippen molar-refractivity contribution in [2.75, 3.05) is 0 Å². The Balaban J connectivity index is 1.71. The first kappa shape index (κ1) is 12.2. The molecule has 0 unspecified atom stereocenters. The molecule has 0 aromatic rings. The predicted octanol–water partition coefficient (Wildman–Crippen LogP) is 5.34. The van der Waals surface area contributed by atoms with Gasteiger partial charge in [0.1, 0.15) is 0 Å². The highest BCUT2D eigenvalue weighted by atomic mass is 14.2. The Morgan fingerprint density at radius 2 is 1.31 bits per heavy atom. The van der Waals surface area contributed by atoms with E-state index in [1.807, 2.05) is 0 Å². The van der Waals surface area contributed by atoms with Crippen molar-refractivity contribution in [1.29, 1.82) is 0 Å². The van der Waals surface area contributed by atoms with Gasteiger partial charge in [-0.05, 0) is 56.3 Å². The summed E-state index contributed by atoms with van der Waals surface area (Å²) in [4.78, 5) is 0. The molecular formula is C16H28. The summed E-state index contributed by atoms with van der Waals surface area (Å²) in [6, 6.07) is 0. The maximum atomic E-state index is 2.57. The zero-order chi connectivity index (χ0) is 11.2. The summed E-state index contributed by atoms with van der Waals surface area (Å²) < 4.78 is 0. The molecule has 0 amide bonds. The maximum absolute atomic E-state index is 2.57. The molecule has 0 nitrogen and oxygen atoms in total. The van der Waals surface area contributed by atoms with Gasteiger partial charge in [0.15, 0.2) is 0 Å². The van der Waals surface area contributed by atoms with Crippen LogP contribution in [0.5, 0.6) is 0 Å². The van der Waals surface area contributed by atoms with Gasteiger partial charge >= 0.3 is 0 Å². The van der Waals surface area contributed by atoms with Crippen LogP contribution < -0.4 is 0 Å². The summed E-state index contributed by atoms with van der Waals surface area (Å²) in [6.45, 7) is 2.35. The van der Waals surface area contributed by atoms with E-state index in [2.05, 4.69) is 19.1 Å². The Morgan fingerprint density at radius 3 is 1.88 bits per heavy atom. The van der Waals surface area contributed by atoms with Crippen molar-refractivity contribution in [3.63, 3.8) is 0 Å². The normalized spacial score (nSPS) is 33.3. The minimum absolute atomic E-state index is 0.921.